The third-order valence-electron chi connectivity index (χ3n) is 3.77. The minimum absolute atomic E-state index is 0.0413. The zero-order valence-corrected chi connectivity index (χ0v) is 13.9. The summed E-state index contributed by atoms with van der Waals surface area (Å²) in [6, 6.07) is 15.8. The van der Waals surface area contributed by atoms with Crippen LogP contribution in [0.3, 0.4) is 0 Å². The average Bonchev–Trinajstić information content (AvgIpc) is 2.95. The van der Waals surface area contributed by atoms with Crippen molar-refractivity contribution in [3.63, 3.8) is 0 Å². The average molecular weight is 340 g/mol. The molecule has 5 heteroatoms. The van der Waals surface area contributed by atoms with E-state index >= 15 is 0 Å². The number of benzene rings is 2. The Balaban J connectivity index is 0.000000326. The first-order valence-electron chi connectivity index (χ1n) is 7.82. The summed E-state index contributed by atoms with van der Waals surface area (Å²) in [4.78, 5) is 21.8. The van der Waals surface area contributed by atoms with Gasteiger partial charge in [0, 0.05) is 5.57 Å². The van der Waals surface area contributed by atoms with Gasteiger partial charge in [0.25, 0.3) is 0 Å². The lowest BCUT2D eigenvalue weighted by molar-refractivity contribution is -0.145. The van der Waals surface area contributed by atoms with Gasteiger partial charge in [-0.15, -0.1) is 0 Å². The lowest BCUT2D eigenvalue weighted by Gasteiger charge is -2.12. The highest BCUT2D eigenvalue weighted by Gasteiger charge is 2.34. The highest BCUT2D eigenvalue weighted by Crippen LogP contribution is 2.44. The summed E-state index contributed by atoms with van der Waals surface area (Å²) < 4.78 is 5.10. The summed E-state index contributed by atoms with van der Waals surface area (Å²) in [5, 5.41) is 16.7. The van der Waals surface area contributed by atoms with Gasteiger partial charge in [-0.2, -0.15) is 0 Å². The van der Waals surface area contributed by atoms with Crippen molar-refractivity contribution in [1.82, 2.24) is 0 Å². The SMILES string of the molecule is C=C(C)C(=O)O.O=C(OCCO)C1c2ccccc2-c2ccccc21. The predicted molar refractivity (Wildman–Crippen MR) is 94.2 cm³/mol. The number of ether oxygens (including phenoxy) is 1. The first-order chi connectivity index (χ1) is 12.0. The number of carbonyl (C=O) groups excluding carboxylic acids is 1. The molecule has 2 N–H and O–H groups in total. The largest absolute Gasteiger partial charge is 0.478 e. The van der Waals surface area contributed by atoms with Crippen LogP contribution in [0.5, 0.6) is 0 Å². The van der Waals surface area contributed by atoms with Gasteiger partial charge in [-0.05, 0) is 29.2 Å². The molecule has 0 bridgehead atoms. The molecule has 5 nitrogen and oxygen atoms in total. The van der Waals surface area contributed by atoms with Gasteiger partial charge in [0.1, 0.15) is 12.5 Å². The predicted octanol–water partition coefficient (Wildman–Crippen LogP) is 2.98. The Morgan fingerprint density at radius 1 is 1.04 bits per heavy atom. The number of aliphatic hydroxyl groups is 1. The number of aliphatic carboxylic acids is 1. The molecule has 0 amide bonds. The third kappa shape index (κ3) is 4.14. The fraction of sp³-hybridized carbons (Fsp3) is 0.200. The van der Waals surface area contributed by atoms with E-state index in [9.17, 15) is 9.59 Å². The van der Waals surface area contributed by atoms with Crippen LogP contribution in [0.15, 0.2) is 60.7 Å². The molecule has 0 spiro atoms. The number of carbonyl (C=O) groups is 2. The molecule has 2 aromatic rings. The van der Waals surface area contributed by atoms with Crippen LogP contribution in [0.4, 0.5) is 0 Å². The van der Waals surface area contributed by atoms with Crippen LogP contribution < -0.4 is 0 Å². The molecule has 0 aromatic heterocycles. The quantitative estimate of drug-likeness (QED) is 0.660. The van der Waals surface area contributed by atoms with Crippen molar-refractivity contribution in [3.8, 4) is 11.1 Å². The zero-order chi connectivity index (χ0) is 18.4. The second-order valence-electron chi connectivity index (χ2n) is 5.58. The zero-order valence-electron chi connectivity index (χ0n) is 13.9. The van der Waals surface area contributed by atoms with E-state index < -0.39 is 5.97 Å². The van der Waals surface area contributed by atoms with Crippen molar-refractivity contribution in [2.24, 2.45) is 0 Å². The molecule has 0 fully saturated rings. The molecule has 25 heavy (non-hydrogen) atoms. The molecule has 1 aliphatic rings. The maximum Gasteiger partial charge on any atom is 0.330 e. The molecule has 0 atom stereocenters. The normalized spacial score (nSPS) is 11.6. The molecule has 1 aliphatic carbocycles. The molecule has 2 aromatic carbocycles. The summed E-state index contributed by atoms with van der Waals surface area (Å²) in [6.45, 7) is 4.49. The van der Waals surface area contributed by atoms with Crippen molar-refractivity contribution in [1.29, 1.82) is 0 Å². The van der Waals surface area contributed by atoms with Crippen LogP contribution in [-0.4, -0.2) is 35.4 Å². The van der Waals surface area contributed by atoms with Crippen LogP contribution in [0.2, 0.25) is 0 Å². The number of carboxylic acids is 1. The summed E-state index contributed by atoms with van der Waals surface area (Å²) in [7, 11) is 0. The highest BCUT2D eigenvalue weighted by molar-refractivity contribution is 5.93. The number of rotatable bonds is 4. The standard InChI is InChI=1S/C16H14O3.C4H6O2/c17-9-10-19-16(18)15-13-7-3-1-5-11(13)12-6-2-4-8-14(12)15;1-3(2)4(5)6/h1-8,15,17H,9-10H2;1H2,2H3,(H,5,6). The number of fused-ring (bicyclic) bond motifs is 3. The molecule has 0 saturated heterocycles. The molecule has 0 radical (unpaired) electrons. The van der Waals surface area contributed by atoms with Crippen LogP contribution in [0.1, 0.15) is 24.0 Å². The van der Waals surface area contributed by atoms with E-state index in [4.69, 9.17) is 14.9 Å². The van der Waals surface area contributed by atoms with E-state index in [0.29, 0.717) is 0 Å². The first kappa shape index (κ1) is 18.4. The molecule has 0 unspecified atom stereocenters. The maximum atomic E-state index is 12.2. The second-order valence-corrected chi connectivity index (χ2v) is 5.58. The van der Waals surface area contributed by atoms with Crippen molar-refractivity contribution < 1.29 is 24.5 Å². The van der Waals surface area contributed by atoms with Gasteiger partial charge in [-0.1, -0.05) is 55.1 Å². The Morgan fingerprint density at radius 3 is 1.88 bits per heavy atom. The Bertz CT molecular complexity index is 737. The van der Waals surface area contributed by atoms with Gasteiger partial charge in [-0.3, -0.25) is 4.79 Å². The first-order valence-corrected chi connectivity index (χ1v) is 7.82. The Kier molecular flexibility index (Phi) is 6.08. The minimum atomic E-state index is -0.935. The fourth-order valence-corrected chi connectivity index (χ4v) is 2.64. The molecule has 0 heterocycles. The lowest BCUT2D eigenvalue weighted by Crippen LogP contribution is -2.17. The van der Waals surface area contributed by atoms with Crippen molar-refractivity contribution in [2.75, 3.05) is 13.2 Å². The van der Waals surface area contributed by atoms with Gasteiger partial charge in [0.15, 0.2) is 0 Å². The van der Waals surface area contributed by atoms with Crippen LogP contribution in [-0.2, 0) is 14.3 Å². The molecular weight excluding hydrogens is 320 g/mol. The smallest absolute Gasteiger partial charge is 0.330 e. The Hall–Kier alpha value is -2.92. The molecule has 0 aliphatic heterocycles. The highest BCUT2D eigenvalue weighted by atomic mass is 16.5. The van der Waals surface area contributed by atoms with E-state index in [1.165, 1.54) is 6.92 Å². The monoisotopic (exact) mass is 340 g/mol. The van der Waals surface area contributed by atoms with Crippen molar-refractivity contribution in [3.05, 3.63) is 71.8 Å². The van der Waals surface area contributed by atoms with Gasteiger partial charge < -0.3 is 14.9 Å². The number of hydrogen-bond acceptors (Lipinski definition) is 4. The summed E-state index contributed by atoms with van der Waals surface area (Å²) in [5.74, 6) is -1.61. The van der Waals surface area contributed by atoms with Gasteiger partial charge >= 0.3 is 11.9 Å². The number of hydrogen-bond donors (Lipinski definition) is 2. The van der Waals surface area contributed by atoms with Crippen LogP contribution in [0, 0.1) is 0 Å². The molecule has 3 rings (SSSR count). The van der Waals surface area contributed by atoms with Gasteiger partial charge in [-0.25, -0.2) is 4.79 Å². The van der Waals surface area contributed by atoms with E-state index in [2.05, 4.69) is 6.58 Å². The maximum absolute atomic E-state index is 12.2. The summed E-state index contributed by atoms with van der Waals surface area (Å²) in [5.41, 5.74) is 4.31. The van der Waals surface area contributed by atoms with E-state index in [-0.39, 0.29) is 30.7 Å². The van der Waals surface area contributed by atoms with Crippen molar-refractivity contribution in [2.45, 2.75) is 12.8 Å². The number of esters is 1. The van der Waals surface area contributed by atoms with Crippen molar-refractivity contribution >= 4 is 11.9 Å². The number of aliphatic hydroxyl groups excluding tert-OH is 1. The van der Waals surface area contributed by atoms with E-state index in [1.807, 2.05) is 48.5 Å². The topological polar surface area (TPSA) is 83.8 Å². The minimum Gasteiger partial charge on any atom is -0.478 e. The molecular formula is C20H20O5. The van der Waals surface area contributed by atoms with Gasteiger partial charge in [0.05, 0.1) is 6.61 Å². The van der Waals surface area contributed by atoms with E-state index in [1.54, 1.807) is 0 Å². The van der Waals surface area contributed by atoms with E-state index in [0.717, 1.165) is 22.3 Å². The third-order valence-corrected chi connectivity index (χ3v) is 3.77. The Morgan fingerprint density at radius 2 is 1.48 bits per heavy atom. The van der Waals surface area contributed by atoms with Crippen LogP contribution >= 0.6 is 0 Å². The van der Waals surface area contributed by atoms with Gasteiger partial charge in [0.2, 0.25) is 0 Å². The molecule has 130 valence electrons. The summed E-state index contributed by atoms with van der Waals surface area (Å²) >= 11 is 0. The summed E-state index contributed by atoms with van der Waals surface area (Å²) in [6.07, 6.45) is 0. The fourth-order valence-electron chi connectivity index (χ4n) is 2.64. The molecule has 0 saturated carbocycles. The second kappa shape index (κ2) is 8.26. The van der Waals surface area contributed by atoms with Crippen LogP contribution in [0.25, 0.3) is 11.1 Å². The Labute approximate surface area is 146 Å². The number of carboxylic acid groups (broad SMARTS) is 1. The lowest BCUT2D eigenvalue weighted by atomic mass is 9.97.